The predicted octanol–water partition coefficient (Wildman–Crippen LogP) is -1.36. The van der Waals surface area contributed by atoms with E-state index in [0.717, 1.165) is 6.20 Å². The number of anilines is 1. The second kappa shape index (κ2) is 5.29. The number of aliphatic hydroxyl groups excluding tert-OH is 3. The molecule has 8 nitrogen and oxygen atoms in total. The molecule has 3 heterocycles. The van der Waals surface area contributed by atoms with E-state index in [0.29, 0.717) is 5.57 Å². The van der Waals surface area contributed by atoms with Crippen molar-refractivity contribution in [3.05, 3.63) is 40.2 Å². The van der Waals surface area contributed by atoms with Crippen LogP contribution in [0.4, 0.5) is 10.3 Å². The zero-order valence-corrected chi connectivity index (χ0v) is 11.3. The van der Waals surface area contributed by atoms with Gasteiger partial charge in [-0.25, -0.2) is 0 Å². The number of hydrogen-bond donors (Lipinski definition) is 4. The molecule has 0 spiro atoms. The predicted molar refractivity (Wildman–Crippen MR) is 73.3 cm³/mol. The van der Waals surface area contributed by atoms with Gasteiger partial charge in [-0.1, -0.05) is 6.58 Å². The molecule has 0 aliphatic carbocycles. The Morgan fingerprint density at radius 3 is 2.82 bits per heavy atom. The first-order valence-electron chi connectivity index (χ1n) is 6.51. The second-order valence-corrected chi connectivity index (χ2v) is 5.07. The third-order valence-corrected chi connectivity index (χ3v) is 3.65. The molecule has 0 saturated carbocycles. The van der Waals surface area contributed by atoms with E-state index in [1.54, 1.807) is 0 Å². The fraction of sp³-hybridized carbons (Fsp3) is 0.385. The maximum atomic E-state index is 13.3. The van der Waals surface area contributed by atoms with E-state index >= 15 is 0 Å². The summed E-state index contributed by atoms with van der Waals surface area (Å²) >= 11 is 0. The van der Waals surface area contributed by atoms with Crippen molar-refractivity contribution in [1.29, 1.82) is 0 Å². The molecule has 9 heteroatoms. The largest absolute Gasteiger partial charge is 0.394 e. The van der Waals surface area contributed by atoms with E-state index in [2.05, 4.69) is 16.9 Å². The smallest absolute Gasteiger partial charge is 0.310 e. The number of aliphatic hydroxyl groups is 3. The maximum Gasteiger partial charge on any atom is 0.310 e. The van der Waals surface area contributed by atoms with Gasteiger partial charge in [0, 0.05) is 17.5 Å². The Bertz CT molecular complexity index is 716. The van der Waals surface area contributed by atoms with Crippen LogP contribution in [0.1, 0.15) is 0 Å². The highest BCUT2D eigenvalue weighted by atomic mass is 19.1. The lowest BCUT2D eigenvalue weighted by Crippen LogP contribution is -2.35. The van der Waals surface area contributed by atoms with Crippen LogP contribution < -0.4 is 10.9 Å². The third-order valence-electron chi connectivity index (χ3n) is 3.65. The lowest BCUT2D eigenvalue weighted by atomic mass is 9.99. The zero-order chi connectivity index (χ0) is 16.0. The van der Waals surface area contributed by atoms with Gasteiger partial charge in [0.2, 0.25) is 11.8 Å². The minimum Gasteiger partial charge on any atom is -0.394 e. The Hall–Kier alpha value is -2.07. The van der Waals surface area contributed by atoms with E-state index in [-0.39, 0.29) is 11.6 Å². The van der Waals surface area contributed by atoms with Crippen LogP contribution in [0.25, 0.3) is 6.20 Å². The van der Waals surface area contributed by atoms with E-state index in [1.807, 2.05) is 0 Å². The summed E-state index contributed by atoms with van der Waals surface area (Å²) in [6, 6.07) is 0. The Labute approximate surface area is 123 Å². The number of hydrogen-bond acceptors (Lipinski definition) is 7. The summed E-state index contributed by atoms with van der Waals surface area (Å²) in [6.07, 6.45) is -2.09. The molecule has 4 unspecified atom stereocenters. The van der Waals surface area contributed by atoms with Gasteiger partial charge < -0.3 is 25.4 Å². The first-order chi connectivity index (χ1) is 10.4. The maximum absolute atomic E-state index is 13.3. The lowest BCUT2D eigenvalue weighted by Gasteiger charge is -2.26. The molecule has 1 fully saturated rings. The molecule has 0 bridgehead atoms. The molecule has 118 valence electrons. The van der Waals surface area contributed by atoms with Gasteiger partial charge in [0.1, 0.15) is 24.4 Å². The standard InChI is InChI=1S/C13H14FN3O5/c1-5-6(11-10(20)9(19)8(4-18)22-11)2-17-3-7(14)12(21)16-13(17)15-5/h2-3,8-11,18-20H,1,4H2,(H,15,16,21). The second-order valence-electron chi connectivity index (χ2n) is 5.07. The highest BCUT2D eigenvalue weighted by molar-refractivity contribution is 5.61. The minimum atomic E-state index is -1.28. The third kappa shape index (κ3) is 2.24. The summed E-state index contributed by atoms with van der Waals surface area (Å²) in [4.78, 5) is 14.7. The van der Waals surface area contributed by atoms with E-state index in [4.69, 9.17) is 9.84 Å². The molecular weight excluding hydrogens is 297 g/mol. The summed E-state index contributed by atoms with van der Waals surface area (Å²) in [5.41, 5.74) is -0.371. The molecule has 22 heavy (non-hydrogen) atoms. The van der Waals surface area contributed by atoms with Gasteiger partial charge in [0.05, 0.1) is 12.8 Å². The fourth-order valence-electron chi connectivity index (χ4n) is 2.47. The average molecular weight is 311 g/mol. The van der Waals surface area contributed by atoms with Crippen molar-refractivity contribution in [2.24, 2.45) is 0 Å². The van der Waals surface area contributed by atoms with Crippen molar-refractivity contribution in [2.45, 2.75) is 24.4 Å². The first-order valence-corrected chi connectivity index (χ1v) is 6.51. The molecule has 3 rings (SSSR count). The van der Waals surface area contributed by atoms with Crippen LogP contribution in [0.5, 0.6) is 0 Å². The van der Waals surface area contributed by atoms with Gasteiger partial charge >= 0.3 is 5.56 Å². The van der Waals surface area contributed by atoms with E-state index in [1.165, 1.54) is 10.8 Å². The van der Waals surface area contributed by atoms with Gasteiger partial charge in [-0.05, 0) is 0 Å². The highest BCUT2D eigenvalue weighted by Gasteiger charge is 2.45. The van der Waals surface area contributed by atoms with Crippen LogP contribution in [0.2, 0.25) is 0 Å². The summed E-state index contributed by atoms with van der Waals surface area (Å²) in [6.45, 7) is 3.28. The fourth-order valence-corrected chi connectivity index (χ4v) is 2.47. The summed E-state index contributed by atoms with van der Waals surface area (Å²) in [7, 11) is 0. The molecule has 4 N–H and O–H groups in total. The molecule has 2 aliphatic rings. The van der Waals surface area contributed by atoms with Crippen molar-refractivity contribution in [3.63, 3.8) is 0 Å². The van der Waals surface area contributed by atoms with Gasteiger partial charge in [0.25, 0.3) is 0 Å². The van der Waals surface area contributed by atoms with Crippen LogP contribution in [0, 0.1) is 5.82 Å². The van der Waals surface area contributed by atoms with Crippen molar-refractivity contribution in [1.82, 2.24) is 9.55 Å². The van der Waals surface area contributed by atoms with Crippen LogP contribution >= 0.6 is 0 Å². The van der Waals surface area contributed by atoms with Crippen LogP contribution in [-0.2, 0) is 4.74 Å². The topological polar surface area (TPSA) is 117 Å². The molecule has 2 aliphatic heterocycles. The summed E-state index contributed by atoms with van der Waals surface area (Å²) < 4.78 is 20.0. The van der Waals surface area contributed by atoms with E-state index in [9.17, 15) is 19.4 Å². The molecule has 0 aromatic carbocycles. The van der Waals surface area contributed by atoms with Crippen molar-refractivity contribution in [2.75, 3.05) is 11.9 Å². The Morgan fingerprint density at radius 1 is 1.45 bits per heavy atom. The molecule has 0 radical (unpaired) electrons. The number of fused-ring (bicyclic) bond motifs is 1. The number of ether oxygens (including phenoxy) is 1. The number of aromatic nitrogens is 2. The SMILES string of the molecule is C=C1Nc2nc(=O)c(F)cn2C=C1C1OC(CO)C(O)C1O. The lowest BCUT2D eigenvalue weighted by molar-refractivity contribution is -0.0135. The number of halogens is 1. The number of nitrogens with one attached hydrogen (secondary N) is 1. The van der Waals surface area contributed by atoms with Crippen LogP contribution in [0.15, 0.2) is 28.8 Å². The molecule has 1 saturated heterocycles. The van der Waals surface area contributed by atoms with Crippen LogP contribution in [0.3, 0.4) is 0 Å². The van der Waals surface area contributed by atoms with Gasteiger partial charge in [-0.2, -0.15) is 9.37 Å². The Morgan fingerprint density at radius 2 is 2.18 bits per heavy atom. The molecular formula is C13H14FN3O5. The molecule has 1 aromatic heterocycles. The zero-order valence-electron chi connectivity index (χ0n) is 11.3. The van der Waals surface area contributed by atoms with Crippen LogP contribution in [-0.4, -0.2) is 55.9 Å². The normalized spacial score (nSPS) is 30.7. The van der Waals surface area contributed by atoms with Crippen molar-refractivity contribution in [3.8, 4) is 0 Å². The number of nitrogens with zero attached hydrogens (tertiary/aromatic N) is 2. The summed E-state index contributed by atoms with van der Waals surface area (Å²) in [5, 5.41) is 31.6. The average Bonchev–Trinajstić information content (AvgIpc) is 2.76. The van der Waals surface area contributed by atoms with Gasteiger partial charge in [-0.3, -0.25) is 9.36 Å². The molecule has 1 aromatic rings. The quantitative estimate of drug-likeness (QED) is 0.533. The number of rotatable bonds is 2. The highest BCUT2D eigenvalue weighted by Crippen LogP contribution is 2.32. The Kier molecular flexibility index (Phi) is 3.57. The molecule has 4 atom stereocenters. The first kappa shape index (κ1) is 14.9. The van der Waals surface area contributed by atoms with Crippen molar-refractivity contribution < 1.29 is 24.4 Å². The minimum absolute atomic E-state index is 0.0758. The molecule has 0 amide bonds. The van der Waals surface area contributed by atoms with Gasteiger partial charge in [0.15, 0.2) is 0 Å². The van der Waals surface area contributed by atoms with Crippen molar-refractivity contribution >= 4 is 12.1 Å². The van der Waals surface area contributed by atoms with Gasteiger partial charge in [-0.15, -0.1) is 0 Å². The monoisotopic (exact) mass is 311 g/mol. The Balaban J connectivity index is 2.00. The summed E-state index contributed by atoms with van der Waals surface area (Å²) in [5.74, 6) is -0.957. The van der Waals surface area contributed by atoms with E-state index < -0.39 is 42.4 Å².